The molecule has 0 amide bonds. The maximum atomic E-state index is 11.3. The first-order chi connectivity index (χ1) is 16.2. The SMILES string of the molecule is O=C(O)c1ccccc1OCCN1CCC(c2cn(Cc3ccoc3)c3ncccc23)CC1. The lowest BCUT2D eigenvalue weighted by Crippen LogP contribution is -2.35. The highest BCUT2D eigenvalue weighted by Gasteiger charge is 2.24. The first kappa shape index (κ1) is 21.3. The van der Waals surface area contributed by atoms with Gasteiger partial charge in [-0.25, -0.2) is 9.78 Å². The molecular formula is C26H27N3O4. The third kappa shape index (κ3) is 4.64. The Hall–Kier alpha value is -3.58. The van der Waals surface area contributed by atoms with Gasteiger partial charge in [-0.2, -0.15) is 0 Å². The van der Waals surface area contributed by atoms with E-state index < -0.39 is 5.97 Å². The number of aromatic carboxylic acids is 1. The van der Waals surface area contributed by atoms with Crippen LogP contribution >= 0.6 is 0 Å². The Bertz CT molecular complexity index is 1220. The molecule has 0 bridgehead atoms. The molecule has 1 N–H and O–H groups in total. The predicted molar refractivity (Wildman–Crippen MR) is 125 cm³/mol. The van der Waals surface area contributed by atoms with E-state index in [0.717, 1.165) is 50.2 Å². The van der Waals surface area contributed by atoms with Crippen LogP contribution in [0.4, 0.5) is 0 Å². The minimum Gasteiger partial charge on any atom is -0.491 e. The maximum absolute atomic E-state index is 11.3. The van der Waals surface area contributed by atoms with Crippen LogP contribution in [0.5, 0.6) is 5.75 Å². The number of likely N-dealkylation sites (tertiary alicyclic amines) is 1. The number of hydrogen-bond donors (Lipinski definition) is 1. The zero-order valence-corrected chi connectivity index (χ0v) is 18.4. The third-order valence-electron chi connectivity index (χ3n) is 6.41. The molecule has 1 aliphatic heterocycles. The van der Waals surface area contributed by atoms with E-state index in [1.807, 2.05) is 18.3 Å². The molecule has 0 atom stereocenters. The van der Waals surface area contributed by atoms with Gasteiger partial charge in [0, 0.05) is 29.9 Å². The van der Waals surface area contributed by atoms with Gasteiger partial charge in [-0.1, -0.05) is 12.1 Å². The van der Waals surface area contributed by atoms with Crippen LogP contribution in [0.15, 0.2) is 71.8 Å². The van der Waals surface area contributed by atoms with Gasteiger partial charge in [0.05, 0.1) is 19.1 Å². The van der Waals surface area contributed by atoms with Crippen molar-refractivity contribution in [3.05, 3.63) is 84.1 Å². The van der Waals surface area contributed by atoms with Crippen molar-refractivity contribution in [3.8, 4) is 5.75 Å². The molecule has 0 aliphatic carbocycles. The summed E-state index contributed by atoms with van der Waals surface area (Å²) in [5.41, 5.74) is 3.72. The number of nitrogens with zero attached hydrogens (tertiary/aromatic N) is 3. The number of hydrogen-bond acceptors (Lipinski definition) is 5. The Morgan fingerprint density at radius 2 is 2.00 bits per heavy atom. The van der Waals surface area contributed by atoms with Crippen molar-refractivity contribution in [2.24, 2.45) is 0 Å². The monoisotopic (exact) mass is 445 g/mol. The molecule has 1 aromatic carbocycles. The first-order valence-corrected chi connectivity index (χ1v) is 11.3. The average molecular weight is 446 g/mol. The fourth-order valence-corrected chi connectivity index (χ4v) is 4.70. The lowest BCUT2D eigenvalue weighted by atomic mass is 9.89. The number of aromatic nitrogens is 2. The molecule has 0 spiro atoms. The van der Waals surface area contributed by atoms with Crippen LogP contribution in [0, 0.1) is 0 Å². The van der Waals surface area contributed by atoms with Crippen LogP contribution < -0.4 is 4.74 Å². The summed E-state index contributed by atoms with van der Waals surface area (Å²) >= 11 is 0. The van der Waals surface area contributed by atoms with E-state index in [1.54, 1.807) is 36.8 Å². The minimum absolute atomic E-state index is 0.205. The van der Waals surface area contributed by atoms with Crippen LogP contribution in [0.1, 0.15) is 40.2 Å². The average Bonchev–Trinajstić information content (AvgIpc) is 3.48. The van der Waals surface area contributed by atoms with Gasteiger partial charge in [-0.15, -0.1) is 0 Å². The maximum Gasteiger partial charge on any atom is 0.339 e. The molecular weight excluding hydrogens is 418 g/mol. The number of carbonyl (C=O) groups is 1. The molecule has 0 unspecified atom stereocenters. The van der Waals surface area contributed by atoms with Gasteiger partial charge < -0.3 is 18.8 Å². The van der Waals surface area contributed by atoms with Crippen LogP contribution in [-0.4, -0.2) is 51.8 Å². The number of ether oxygens (including phenoxy) is 1. The van der Waals surface area contributed by atoms with Crippen LogP contribution in [0.3, 0.4) is 0 Å². The molecule has 3 aromatic heterocycles. The second kappa shape index (κ2) is 9.50. The third-order valence-corrected chi connectivity index (χ3v) is 6.41. The van der Waals surface area contributed by atoms with Gasteiger partial charge >= 0.3 is 5.97 Å². The molecule has 4 aromatic rings. The Labute approximate surface area is 192 Å². The second-order valence-corrected chi connectivity index (χ2v) is 8.48. The summed E-state index contributed by atoms with van der Waals surface area (Å²) in [6.45, 7) is 3.98. The second-order valence-electron chi connectivity index (χ2n) is 8.48. The van der Waals surface area contributed by atoms with Crippen molar-refractivity contribution in [1.29, 1.82) is 0 Å². The Morgan fingerprint density at radius 1 is 1.15 bits per heavy atom. The summed E-state index contributed by atoms with van der Waals surface area (Å²) in [5, 5.41) is 10.5. The predicted octanol–water partition coefficient (Wildman–Crippen LogP) is 4.63. The van der Waals surface area contributed by atoms with E-state index >= 15 is 0 Å². The summed E-state index contributed by atoms with van der Waals surface area (Å²) in [7, 11) is 0. The largest absolute Gasteiger partial charge is 0.491 e. The van der Waals surface area contributed by atoms with Crippen LogP contribution in [0.25, 0.3) is 11.0 Å². The number of furan rings is 1. The van der Waals surface area contributed by atoms with Gasteiger partial charge in [-0.05, 0) is 67.7 Å². The van der Waals surface area contributed by atoms with Crippen molar-refractivity contribution < 1.29 is 19.1 Å². The molecule has 170 valence electrons. The topological polar surface area (TPSA) is 80.7 Å². The quantitative estimate of drug-likeness (QED) is 0.426. The van der Waals surface area contributed by atoms with Crippen molar-refractivity contribution in [1.82, 2.24) is 14.5 Å². The molecule has 1 fully saturated rings. The molecule has 5 rings (SSSR count). The summed E-state index contributed by atoms with van der Waals surface area (Å²) < 4.78 is 13.2. The molecule has 1 saturated heterocycles. The lowest BCUT2D eigenvalue weighted by molar-refractivity contribution is 0.0691. The van der Waals surface area contributed by atoms with E-state index in [-0.39, 0.29) is 5.56 Å². The minimum atomic E-state index is -0.965. The van der Waals surface area contributed by atoms with Crippen LogP contribution in [0.2, 0.25) is 0 Å². The van der Waals surface area contributed by atoms with Gasteiger partial charge in [0.15, 0.2) is 0 Å². The fraction of sp³-hybridized carbons (Fsp3) is 0.308. The number of rotatable bonds is 8. The Kier molecular flexibility index (Phi) is 6.13. The molecule has 33 heavy (non-hydrogen) atoms. The number of carboxylic acids is 1. The van der Waals surface area contributed by atoms with E-state index in [2.05, 4.69) is 26.7 Å². The summed E-state index contributed by atoms with van der Waals surface area (Å²) in [4.78, 5) is 18.4. The number of fused-ring (bicyclic) bond motifs is 1. The van der Waals surface area contributed by atoms with Crippen molar-refractivity contribution in [2.45, 2.75) is 25.3 Å². The molecule has 4 heterocycles. The standard InChI is InChI=1S/C26H27N3O4/c30-26(31)22-4-1-2-6-24(22)33-15-13-28-11-7-20(8-12-28)23-17-29(16-19-9-14-32-18-19)25-21(23)5-3-10-27-25/h1-6,9-10,14,17-18,20H,7-8,11-13,15-16H2,(H,30,31). The highest BCUT2D eigenvalue weighted by molar-refractivity contribution is 5.90. The molecule has 7 nitrogen and oxygen atoms in total. The summed E-state index contributed by atoms with van der Waals surface area (Å²) in [6.07, 6.45) is 9.75. The highest BCUT2D eigenvalue weighted by atomic mass is 16.5. The smallest absolute Gasteiger partial charge is 0.339 e. The normalized spacial score (nSPS) is 15.2. The highest BCUT2D eigenvalue weighted by Crippen LogP contribution is 2.34. The van der Waals surface area contributed by atoms with Gasteiger partial charge in [0.25, 0.3) is 0 Å². The zero-order chi connectivity index (χ0) is 22.6. The van der Waals surface area contributed by atoms with E-state index in [0.29, 0.717) is 18.3 Å². The number of benzene rings is 1. The van der Waals surface area contributed by atoms with E-state index in [4.69, 9.17) is 9.15 Å². The van der Waals surface area contributed by atoms with Crippen molar-refractivity contribution in [3.63, 3.8) is 0 Å². The molecule has 0 radical (unpaired) electrons. The lowest BCUT2D eigenvalue weighted by Gasteiger charge is -2.31. The fourth-order valence-electron chi connectivity index (χ4n) is 4.70. The first-order valence-electron chi connectivity index (χ1n) is 11.3. The molecule has 0 saturated carbocycles. The van der Waals surface area contributed by atoms with E-state index in [9.17, 15) is 9.90 Å². The van der Waals surface area contributed by atoms with Crippen molar-refractivity contribution >= 4 is 17.0 Å². The Morgan fingerprint density at radius 3 is 2.79 bits per heavy atom. The van der Waals surface area contributed by atoms with Gasteiger partial charge in [-0.3, -0.25) is 4.90 Å². The van der Waals surface area contributed by atoms with Gasteiger partial charge in [0.1, 0.15) is 23.6 Å². The zero-order valence-electron chi connectivity index (χ0n) is 18.4. The number of carboxylic acid groups (broad SMARTS) is 1. The number of para-hydroxylation sites is 1. The van der Waals surface area contributed by atoms with E-state index in [1.165, 1.54) is 10.9 Å². The Balaban J connectivity index is 1.21. The van der Waals surface area contributed by atoms with Crippen molar-refractivity contribution in [2.75, 3.05) is 26.2 Å². The number of pyridine rings is 1. The summed E-state index contributed by atoms with van der Waals surface area (Å²) in [5.74, 6) is -0.0436. The van der Waals surface area contributed by atoms with Gasteiger partial charge in [0.2, 0.25) is 0 Å². The molecule has 7 heteroatoms. The molecule has 1 aliphatic rings. The number of piperidine rings is 1. The summed E-state index contributed by atoms with van der Waals surface area (Å²) in [6, 6.07) is 13.0. The van der Waals surface area contributed by atoms with Crippen LogP contribution in [-0.2, 0) is 6.54 Å².